The topological polar surface area (TPSA) is 59.8 Å². The molecule has 2 unspecified atom stereocenters. The quantitative estimate of drug-likeness (QED) is 0.729. The smallest absolute Gasteiger partial charge is 0.230 e. The molecule has 0 spiro atoms. The van der Waals surface area contributed by atoms with E-state index in [0.717, 1.165) is 12.1 Å². The van der Waals surface area contributed by atoms with Crippen LogP contribution in [0.4, 0.5) is 0 Å². The van der Waals surface area contributed by atoms with Crippen LogP contribution in [-0.4, -0.2) is 32.5 Å². The standard InChI is InChI=1S/C20H27ClN4OS/c1-20(2,3)16-9-4-5-10-17(16)23-18(26)12-27-19-24-22-13-25(19)15-8-6-7-14(21)11-15/h6-8,11,13,16-17H,4-5,9-10,12H2,1-3H3,(H,23,26). The monoisotopic (exact) mass is 406 g/mol. The van der Waals surface area contributed by atoms with E-state index in [9.17, 15) is 4.79 Å². The largest absolute Gasteiger partial charge is 0.352 e. The van der Waals surface area contributed by atoms with Gasteiger partial charge in [-0.05, 0) is 42.4 Å². The van der Waals surface area contributed by atoms with Crippen molar-refractivity contribution in [2.24, 2.45) is 11.3 Å². The Hall–Kier alpha value is -1.53. The number of carbonyl (C=O) groups is 1. The highest BCUT2D eigenvalue weighted by molar-refractivity contribution is 7.99. The molecule has 1 aliphatic carbocycles. The number of thioether (sulfide) groups is 1. The summed E-state index contributed by atoms with van der Waals surface area (Å²) in [5, 5.41) is 12.7. The van der Waals surface area contributed by atoms with Crippen molar-refractivity contribution >= 4 is 29.3 Å². The van der Waals surface area contributed by atoms with E-state index in [-0.39, 0.29) is 17.4 Å². The van der Waals surface area contributed by atoms with Crippen LogP contribution in [0.3, 0.4) is 0 Å². The summed E-state index contributed by atoms with van der Waals surface area (Å²) in [7, 11) is 0. The highest BCUT2D eigenvalue weighted by Crippen LogP contribution is 2.38. The Morgan fingerprint density at radius 3 is 2.85 bits per heavy atom. The Morgan fingerprint density at radius 1 is 1.33 bits per heavy atom. The van der Waals surface area contributed by atoms with E-state index in [1.165, 1.54) is 31.0 Å². The van der Waals surface area contributed by atoms with Gasteiger partial charge >= 0.3 is 0 Å². The first kappa shape index (κ1) is 20.2. The molecule has 0 bridgehead atoms. The molecule has 0 saturated heterocycles. The molecule has 1 aromatic carbocycles. The van der Waals surface area contributed by atoms with Gasteiger partial charge in [0, 0.05) is 11.1 Å². The fourth-order valence-corrected chi connectivity index (χ4v) is 4.77. The molecule has 146 valence electrons. The van der Waals surface area contributed by atoms with E-state index in [4.69, 9.17) is 11.6 Å². The maximum Gasteiger partial charge on any atom is 0.230 e. The molecule has 2 atom stereocenters. The molecule has 2 aromatic rings. The Bertz CT molecular complexity index is 786. The van der Waals surface area contributed by atoms with Crippen molar-refractivity contribution in [3.63, 3.8) is 0 Å². The highest BCUT2D eigenvalue weighted by Gasteiger charge is 2.34. The van der Waals surface area contributed by atoms with Crippen molar-refractivity contribution < 1.29 is 4.79 Å². The van der Waals surface area contributed by atoms with Crippen LogP contribution in [0.1, 0.15) is 46.5 Å². The van der Waals surface area contributed by atoms with Gasteiger partial charge in [0.2, 0.25) is 5.91 Å². The van der Waals surface area contributed by atoms with Gasteiger partial charge in [-0.3, -0.25) is 9.36 Å². The van der Waals surface area contributed by atoms with Gasteiger partial charge in [-0.1, -0.05) is 63.0 Å². The van der Waals surface area contributed by atoms with E-state index < -0.39 is 0 Å². The van der Waals surface area contributed by atoms with Gasteiger partial charge < -0.3 is 5.32 Å². The van der Waals surface area contributed by atoms with E-state index in [1.807, 2.05) is 28.8 Å². The number of carbonyl (C=O) groups excluding carboxylic acids is 1. The van der Waals surface area contributed by atoms with Crippen molar-refractivity contribution in [2.45, 2.75) is 57.7 Å². The molecule has 1 N–H and O–H groups in total. The van der Waals surface area contributed by atoms with Crippen molar-refractivity contribution in [2.75, 3.05) is 5.75 Å². The number of halogens is 1. The minimum absolute atomic E-state index is 0.0572. The Balaban J connectivity index is 1.61. The fraction of sp³-hybridized carbons (Fsp3) is 0.550. The first-order valence-electron chi connectivity index (χ1n) is 9.43. The van der Waals surface area contributed by atoms with Gasteiger partial charge in [-0.25, -0.2) is 0 Å². The number of rotatable bonds is 5. The number of hydrogen-bond donors (Lipinski definition) is 1. The molecule has 27 heavy (non-hydrogen) atoms. The number of nitrogens with zero attached hydrogens (tertiary/aromatic N) is 3. The number of amides is 1. The molecule has 1 aromatic heterocycles. The molecular weight excluding hydrogens is 380 g/mol. The normalized spacial score (nSPS) is 20.4. The molecule has 1 heterocycles. The zero-order valence-corrected chi connectivity index (χ0v) is 17.7. The molecule has 7 heteroatoms. The minimum atomic E-state index is 0.0572. The molecule has 3 rings (SSSR count). The summed E-state index contributed by atoms with van der Waals surface area (Å²) >= 11 is 7.47. The summed E-state index contributed by atoms with van der Waals surface area (Å²) in [5.41, 5.74) is 1.09. The van der Waals surface area contributed by atoms with Crippen LogP contribution in [0, 0.1) is 11.3 Å². The lowest BCUT2D eigenvalue weighted by Gasteiger charge is -2.40. The Morgan fingerprint density at radius 2 is 2.11 bits per heavy atom. The van der Waals surface area contributed by atoms with E-state index >= 15 is 0 Å². The lowest BCUT2D eigenvalue weighted by atomic mass is 9.69. The molecule has 1 fully saturated rings. The summed E-state index contributed by atoms with van der Waals surface area (Å²) in [6.07, 6.45) is 6.34. The first-order chi connectivity index (χ1) is 12.8. The van der Waals surface area contributed by atoms with Crippen LogP contribution >= 0.6 is 23.4 Å². The lowest BCUT2D eigenvalue weighted by Crippen LogP contribution is -2.47. The summed E-state index contributed by atoms with van der Waals surface area (Å²) in [6.45, 7) is 6.80. The van der Waals surface area contributed by atoms with Gasteiger partial charge in [0.05, 0.1) is 11.4 Å². The van der Waals surface area contributed by atoms with Gasteiger partial charge in [-0.15, -0.1) is 10.2 Å². The van der Waals surface area contributed by atoms with Crippen LogP contribution in [0.25, 0.3) is 5.69 Å². The van der Waals surface area contributed by atoms with E-state index in [0.29, 0.717) is 21.8 Å². The zero-order chi connectivity index (χ0) is 19.4. The fourth-order valence-electron chi connectivity index (χ4n) is 3.84. The number of aromatic nitrogens is 3. The average molecular weight is 407 g/mol. The van der Waals surface area contributed by atoms with Gasteiger partial charge in [-0.2, -0.15) is 0 Å². The van der Waals surface area contributed by atoms with Crippen molar-refractivity contribution in [1.82, 2.24) is 20.1 Å². The van der Waals surface area contributed by atoms with Crippen LogP contribution in [0.2, 0.25) is 5.02 Å². The second-order valence-electron chi connectivity index (χ2n) is 8.18. The number of hydrogen-bond acceptors (Lipinski definition) is 4. The summed E-state index contributed by atoms with van der Waals surface area (Å²) < 4.78 is 1.85. The molecule has 1 amide bonds. The van der Waals surface area contributed by atoms with Crippen molar-refractivity contribution in [3.05, 3.63) is 35.6 Å². The highest BCUT2D eigenvalue weighted by atomic mass is 35.5. The third-order valence-electron chi connectivity index (χ3n) is 5.16. The van der Waals surface area contributed by atoms with Crippen LogP contribution in [0.15, 0.2) is 35.7 Å². The van der Waals surface area contributed by atoms with Crippen molar-refractivity contribution in [1.29, 1.82) is 0 Å². The predicted octanol–water partition coefficient (Wildman–Crippen LogP) is 4.73. The third-order valence-corrected chi connectivity index (χ3v) is 6.34. The summed E-state index contributed by atoms with van der Waals surface area (Å²) in [6, 6.07) is 7.76. The van der Waals surface area contributed by atoms with Crippen molar-refractivity contribution in [3.8, 4) is 5.69 Å². The second-order valence-corrected chi connectivity index (χ2v) is 9.56. The minimum Gasteiger partial charge on any atom is -0.352 e. The molecular formula is C20H27ClN4OS. The summed E-state index contributed by atoms with van der Waals surface area (Å²) in [4.78, 5) is 12.6. The van der Waals surface area contributed by atoms with Gasteiger partial charge in [0.15, 0.2) is 5.16 Å². The molecule has 1 aliphatic rings. The molecule has 0 aliphatic heterocycles. The summed E-state index contributed by atoms with van der Waals surface area (Å²) in [5.74, 6) is 0.907. The van der Waals surface area contributed by atoms with Gasteiger partial charge in [0.25, 0.3) is 0 Å². The third kappa shape index (κ3) is 5.26. The Labute approximate surface area is 170 Å². The average Bonchev–Trinajstić information content (AvgIpc) is 3.08. The first-order valence-corrected chi connectivity index (χ1v) is 10.8. The van der Waals surface area contributed by atoms with Crippen LogP contribution in [0.5, 0.6) is 0 Å². The molecule has 0 radical (unpaired) electrons. The van der Waals surface area contributed by atoms with E-state index in [2.05, 4.69) is 36.3 Å². The SMILES string of the molecule is CC(C)(C)C1CCCCC1NC(=O)CSc1nncn1-c1cccc(Cl)c1. The molecule has 1 saturated carbocycles. The maximum absolute atomic E-state index is 12.6. The van der Waals surface area contributed by atoms with Crippen LogP contribution in [-0.2, 0) is 4.79 Å². The van der Waals surface area contributed by atoms with Crippen LogP contribution < -0.4 is 5.32 Å². The predicted molar refractivity (Wildman–Crippen MR) is 110 cm³/mol. The maximum atomic E-state index is 12.6. The number of benzene rings is 1. The number of nitrogens with one attached hydrogen (secondary N) is 1. The Kier molecular flexibility index (Phi) is 6.48. The second kappa shape index (κ2) is 8.65. The lowest BCUT2D eigenvalue weighted by molar-refractivity contribution is -0.120. The zero-order valence-electron chi connectivity index (χ0n) is 16.1. The van der Waals surface area contributed by atoms with E-state index in [1.54, 1.807) is 6.33 Å². The molecule has 5 nitrogen and oxygen atoms in total. The van der Waals surface area contributed by atoms with Gasteiger partial charge in [0.1, 0.15) is 6.33 Å².